The molecule has 3 aromatic rings. The van der Waals surface area contributed by atoms with Crippen molar-refractivity contribution in [1.29, 1.82) is 0 Å². The zero-order valence-electron chi connectivity index (χ0n) is 7.82. The Morgan fingerprint density at radius 3 is 2.86 bits per heavy atom. The van der Waals surface area contributed by atoms with Crippen molar-refractivity contribution in [1.82, 2.24) is 4.98 Å². The van der Waals surface area contributed by atoms with Gasteiger partial charge in [-0.15, -0.1) is 11.3 Å². The second kappa shape index (κ2) is 2.79. The first-order valence-corrected chi connectivity index (χ1v) is 5.40. The Morgan fingerprint density at radius 2 is 1.93 bits per heavy atom. The van der Waals surface area contributed by atoms with E-state index in [2.05, 4.69) is 35.3 Å². The maximum absolute atomic E-state index is 4.31. The van der Waals surface area contributed by atoms with Gasteiger partial charge in [0.2, 0.25) is 0 Å². The van der Waals surface area contributed by atoms with Gasteiger partial charge in [-0.05, 0) is 19.1 Å². The van der Waals surface area contributed by atoms with E-state index < -0.39 is 0 Å². The molecule has 0 unspecified atom stereocenters. The average Bonchev–Trinajstić information content (AvgIpc) is 2.56. The summed E-state index contributed by atoms with van der Waals surface area (Å²) in [5.41, 5.74) is 1.08. The van der Waals surface area contributed by atoms with Gasteiger partial charge in [0.1, 0.15) is 0 Å². The first-order valence-electron chi connectivity index (χ1n) is 4.58. The van der Waals surface area contributed by atoms with E-state index >= 15 is 0 Å². The van der Waals surface area contributed by atoms with Gasteiger partial charge < -0.3 is 0 Å². The number of nitrogens with zero attached hydrogens (tertiary/aromatic N) is 1. The molecule has 0 fully saturated rings. The zero-order valence-corrected chi connectivity index (χ0v) is 8.64. The summed E-state index contributed by atoms with van der Waals surface area (Å²) in [6.07, 6.45) is 1.97. The quantitative estimate of drug-likeness (QED) is 0.537. The number of hydrogen-bond acceptors (Lipinski definition) is 2. The van der Waals surface area contributed by atoms with Crippen LogP contribution in [-0.4, -0.2) is 4.98 Å². The summed E-state index contributed by atoms with van der Waals surface area (Å²) in [7, 11) is 0. The number of pyridine rings is 1. The molecule has 0 saturated carbocycles. The molecule has 0 aliphatic heterocycles. The molecule has 2 aromatic heterocycles. The molecule has 0 atom stereocenters. The first-order chi connectivity index (χ1) is 6.84. The molecular formula is C12H9NS. The van der Waals surface area contributed by atoms with E-state index in [1.165, 1.54) is 20.2 Å². The standard InChI is InChI=1S/C12H9NS/c1-8-6-10-9-4-2-3-5-11(9)14-12(10)7-13-8/h2-7H,1H3. The Balaban J connectivity index is 2.58. The normalized spacial score (nSPS) is 11.2. The van der Waals surface area contributed by atoms with Crippen molar-refractivity contribution in [3.63, 3.8) is 0 Å². The lowest BCUT2D eigenvalue weighted by molar-refractivity contribution is 1.23. The van der Waals surface area contributed by atoms with Gasteiger partial charge in [0.25, 0.3) is 0 Å². The van der Waals surface area contributed by atoms with E-state index in [1.807, 2.05) is 24.5 Å². The van der Waals surface area contributed by atoms with Crippen molar-refractivity contribution in [2.24, 2.45) is 0 Å². The number of rotatable bonds is 0. The minimum absolute atomic E-state index is 1.08. The molecule has 0 radical (unpaired) electrons. The van der Waals surface area contributed by atoms with Crippen LogP contribution in [0.25, 0.3) is 20.2 Å². The molecule has 0 aliphatic rings. The fraction of sp³-hybridized carbons (Fsp3) is 0.0833. The van der Waals surface area contributed by atoms with Crippen molar-refractivity contribution < 1.29 is 0 Å². The Bertz CT molecular complexity index is 610. The number of hydrogen-bond donors (Lipinski definition) is 0. The van der Waals surface area contributed by atoms with Crippen LogP contribution in [0.2, 0.25) is 0 Å². The predicted molar refractivity (Wildman–Crippen MR) is 61.9 cm³/mol. The van der Waals surface area contributed by atoms with Crippen molar-refractivity contribution >= 4 is 31.5 Å². The maximum atomic E-state index is 4.31. The number of fused-ring (bicyclic) bond motifs is 3. The van der Waals surface area contributed by atoms with Gasteiger partial charge in [0.15, 0.2) is 0 Å². The topological polar surface area (TPSA) is 12.9 Å². The van der Waals surface area contributed by atoms with Crippen molar-refractivity contribution in [3.8, 4) is 0 Å². The van der Waals surface area contributed by atoms with Gasteiger partial charge in [-0.2, -0.15) is 0 Å². The minimum Gasteiger partial charge on any atom is -0.260 e. The van der Waals surface area contributed by atoms with Gasteiger partial charge in [0, 0.05) is 27.4 Å². The second-order valence-electron chi connectivity index (χ2n) is 3.42. The monoisotopic (exact) mass is 199 g/mol. The summed E-state index contributed by atoms with van der Waals surface area (Å²) < 4.78 is 2.62. The van der Waals surface area contributed by atoms with Crippen LogP contribution in [0.15, 0.2) is 36.5 Å². The highest BCUT2D eigenvalue weighted by molar-refractivity contribution is 7.25. The van der Waals surface area contributed by atoms with E-state index in [-0.39, 0.29) is 0 Å². The number of aryl methyl sites for hydroxylation is 1. The largest absolute Gasteiger partial charge is 0.260 e. The van der Waals surface area contributed by atoms with Crippen LogP contribution < -0.4 is 0 Å². The molecule has 0 N–H and O–H groups in total. The van der Waals surface area contributed by atoms with Gasteiger partial charge in [0.05, 0.1) is 4.70 Å². The maximum Gasteiger partial charge on any atom is 0.0538 e. The van der Waals surface area contributed by atoms with Crippen LogP contribution in [0.1, 0.15) is 5.69 Å². The smallest absolute Gasteiger partial charge is 0.0538 e. The second-order valence-corrected chi connectivity index (χ2v) is 4.50. The van der Waals surface area contributed by atoms with E-state index in [0.29, 0.717) is 0 Å². The summed E-state index contributed by atoms with van der Waals surface area (Å²) >= 11 is 1.81. The van der Waals surface area contributed by atoms with Crippen molar-refractivity contribution in [2.75, 3.05) is 0 Å². The molecule has 1 nitrogen and oxygen atoms in total. The molecule has 2 heterocycles. The van der Waals surface area contributed by atoms with Gasteiger partial charge >= 0.3 is 0 Å². The predicted octanol–water partition coefficient (Wildman–Crippen LogP) is 3.76. The summed E-state index contributed by atoms with van der Waals surface area (Å²) in [6.45, 7) is 2.03. The highest BCUT2D eigenvalue weighted by Gasteiger charge is 2.03. The SMILES string of the molecule is Cc1cc2c(cn1)sc1ccccc12. The molecular weight excluding hydrogens is 190 g/mol. The lowest BCUT2D eigenvalue weighted by Gasteiger charge is -1.92. The summed E-state index contributed by atoms with van der Waals surface area (Å²) in [5.74, 6) is 0. The van der Waals surface area contributed by atoms with E-state index in [4.69, 9.17) is 0 Å². The van der Waals surface area contributed by atoms with Gasteiger partial charge in [-0.25, -0.2) is 0 Å². The lowest BCUT2D eigenvalue weighted by Crippen LogP contribution is -1.76. The third kappa shape index (κ3) is 1.04. The summed E-state index contributed by atoms with van der Waals surface area (Å²) in [5, 5.41) is 2.68. The van der Waals surface area contributed by atoms with Crippen LogP contribution in [-0.2, 0) is 0 Å². The molecule has 1 aromatic carbocycles. The van der Waals surface area contributed by atoms with Crippen LogP contribution in [0.5, 0.6) is 0 Å². The van der Waals surface area contributed by atoms with Gasteiger partial charge in [-0.1, -0.05) is 18.2 Å². The van der Waals surface area contributed by atoms with Crippen molar-refractivity contribution in [3.05, 3.63) is 42.2 Å². The number of aromatic nitrogens is 1. The molecule has 14 heavy (non-hydrogen) atoms. The zero-order chi connectivity index (χ0) is 9.54. The fourth-order valence-electron chi connectivity index (χ4n) is 1.74. The molecule has 0 amide bonds. The first kappa shape index (κ1) is 7.94. The van der Waals surface area contributed by atoms with E-state index in [0.717, 1.165) is 5.69 Å². The number of benzene rings is 1. The Morgan fingerprint density at radius 1 is 1.07 bits per heavy atom. The van der Waals surface area contributed by atoms with E-state index in [1.54, 1.807) is 0 Å². The average molecular weight is 199 g/mol. The Kier molecular flexibility index (Phi) is 1.58. The van der Waals surface area contributed by atoms with Crippen LogP contribution in [0.4, 0.5) is 0 Å². The lowest BCUT2D eigenvalue weighted by atomic mass is 10.2. The van der Waals surface area contributed by atoms with Crippen molar-refractivity contribution in [2.45, 2.75) is 6.92 Å². The Hall–Kier alpha value is -1.41. The van der Waals surface area contributed by atoms with Crippen LogP contribution >= 0.6 is 11.3 Å². The molecule has 3 rings (SSSR count). The van der Waals surface area contributed by atoms with Crippen LogP contribution in [0, 0.1) is 6.92 Å². The summed E-state index contributed by atoms with van der Waals surface area (Å²) in [6, 6.07) is 10.7. The molecule has 0 spiro atoms. The minimum atomic E-state index is 1.08. The third-order valence-corrected chi connectivity index (χ3v) is 3.52. The third-order valence-electron chi connectivity index (χ3n) is 2.40. The molecule has 0 aliphatic carbocycles. The molecule has 2 heteroatoms. The fourth-order valence-corrected chi connectivity index (χ4v) is 2.79. The highest BCUT2D eigenvalue weighted by Crippen LogP contribution is 2.32. The molecule has 0 bridgehead atoms. The highest BCUT2D eigenvalue weighted by atomic mass is 32.1. The van der Waals surface area contributed by atoms with Gasteiger partial charge in [-0.3, -0.25) is 4.98 Å². The summed E-state index contributed by atoms with van der Waals surface area (Å²) in [4.78, 5) is 4.31. The van der Waals surface area contributed by atoms with E-state index in [9.17, 15) is 0 Å². The number of thiophene rings is 1. The Labute approximate surface area is 86.0 Å². The molecule has 68 valence electrons. The van der Waals surface area contributed by atoms with Crippen LogP contribution in [0.3, 0.4) is 0 Å². The molecule has 0 saturated heterocycles.